The Hall–Kier alpha value is -2.81. The van der Waals surface area contributed by atoms with Gasteiger partial charge in [-0.1, -0.05) is 12.1 Å². The van der Waals surface area contributed by atoms with Crippen molar-refractivity contribution in [2.45, 2.75) is 23.4 Å². The average molecular weight is 392 g/mol. The fraction of sp³-hybridized carbons (Fsp3) is 0.167. The number of hydrogen-bond donors (Lipinski definition) is 1. The van der Waals surface area contributed by atoms with Crippen LogP contribution < -0.4 is 5.32 Å². The van der Waals surface area contributed by atoms with Crippen molar-refractivity contribution >= 4 is 17.7 Å². The maximum atomic E-state index is 12.4. The number of amides is 1. The first-order valence-corrected chi connectivity index (χ1v) is 8.75. The number of benzene rings is 2. The lowest BCUT2D eigenvalue weighted by Crippen LogP contribution is -2.26. The van der Waals surface area contributed by atoms with E-state index in [-0.39, 0.29) is 28.6 Å². The third-order valence-corrected chi connectivity index (χ3v) is 4.51. The van der Waals surface area contributed by atoms with Crippen molar-refractivity contribution in [3.05, 3.63) is 72.3 Å². The molecule has 0 saturated carbocycles. The molecule has 3 rings (SSSR count). The van der Waals surface area contributed by atoms with Crippen LogP contribution in [0.4, 0.5) is 13.2 Å². The van der Waals surface area contributed by atoms with Crippen LogP contribution in [0.15, 0.2) is 66.1 Å². The molecule has 0 saturated heterocycles. The lowest BCUT2D eigenvalue weighted by atomic mass is 10.1. The van der Waals surface area contributed by atoms with Crippen LogP contribution in [0.5, 0.6) is 0 Å². The predicted octanol–water partition coefficient (Wildman–Crippen LogP) is 4.37. The highest BCUT2D eigenvalue weighted by Crippen LogP contribution is 2.36. The lowest BCUT2D eigenvalue weighted by molar-refractivity contribution is -0.0328. The van der Waals surface area contributed by atoms with Gasteiger partial charge in [0.25, 0.3) is 5.91 Å². The van der Waals surface area contributed by atoms with E-state index < -0.39 is 5.51 Å². The summed E-state index contributed by atoms with van der Waals surface area (Å²) in [7, 11) is 0. The molecule has 1 aromatic heterocycles. The van der Waals surface area contributed by atoms with E-state index >= 15 is 0 Å². The lowest BCUT2D eigenvalue weighted by Gasteiger charge is -2.15. The van der Waals surface area contributed by atoms with Crippen LogP contribution in [0.2, 0.25) is 0 Å². The summed E-state index contributed by atoms with van der Waals surface area (Å²) >= 11 is -0.211. The number of thioether (sulfide) groups is 1. The summed E-state index contributed by atoms with van der Waals surface area (Å²) in [4.78, 5) is 16.2. The van der Waals surface area contributed by atoms with Crippen LogP contribution in [0.1, 0.15) is 28.9 Å². The quantitative estimate of drug-likeness (QED) is 0.655. The Morgan fingerprint density at radius 1 is 1.11 bits per heavy atom. The number of rotatable bonds is 5. The summed E-state index contributed by atoms with van der Waals surface area (Å²) < 4.78 is 38.7. The van der Waals surface area contributed by atoms with E-state index in [1.165, 1.54) is 30.6 Å². The maximum Gasteiger partial charge on any atom is 0.446 e. The maximum absolute atomic E-state index is 12.4. The molecular weight excluding hydrogens is 377 g/mol. The number of alkyl halides is 3. The van der Waals surface area contributed by atoms with Crippen LogP contribution >= 0.6 is 11.8 Å². The second-order valence-corrected chi connectivity index (χ2v) is 6.84. The highest BCUT2D eigenvalue weighted by molar-refractivity contribution is 8.00. The summed E-state index contributed by atoms with van der Waals surface area (Å²) in [5, 5.41) is 6.87. The average Bonchev–Trinajstić information content (AvgIpc) is 3.15. The Morgan fingerprint density at radius 3 is 2.33 bits per heavy atom. The van der Waals surface area contributed by atoms with E-state index in [0.717, 1.165) is 11.3 Å². The van der Waals surface area contributed by atoms with Gasteiger partial charge in [0, 0.05) is 10.5 Å². The molecule has 0 aliphatic heterocycles. The fourth-order valence-electron chi connectivity index (χ4n) is 2.43. The third kappa shape index (κ3) is 5.10. The number of halogens is 3. The van der Waals surface area contributed by atoms with Crippen LogP contribution in [0.25, 0.3) is 5.69 Å². The number of nitrogens with one attached hydrogen (secondary N) is 1. The number of carbonyl (C=O) groups excluding carboxylic acids is 1. The van der Waals surface area contributed by atoms with E-state index in [1.807, 2.05) is 31.2 Å². The van der Waals surface area contributed by atoms with Crippen LogP contribution in [0.3, 0.4) is 0 Å². The van der Waals surface area contributed by atoms with Gasteiger partial charge in [-0.2, -0.15) is 18.3 Å². The van der Waals surface area contributed by atoms with Crippen LogP contribution in [-0.4, -0.2) is 26.2 Å². The number of nitrogens with zero attached hydrogens (tertiary/aromatic N) is 3. The van der Waals surface area contributed by atoms with E-state index in [0.29, 0.717) is 5.56 Å². The Labute approximate surface area is 157 Å². The molecule has 0 aliphatic carbocycles. The number of carbonyl (C=O) groups is 1. The summed E-state index contributed by atoms with van der Waals surface area (Å²) in [5.74, 6) is -0.355. The molecule has 0 spiro atoms. The van der Waals surface area contributed by atoms with Crippen LogP contribution in [-0.2, 0) is 0 Å². The van der Waals surface area contributed by atoms with E-state index in [4.69, 9.17) is 0 Å². The second-order valence-electron chi connectivity index (χ2n) is 5.70. The van der Waals surface area contributed by atoms with E-state index in [2.05, 4.69) is 15.4 Å². The molecule has 0 fully saturated rings. The SMILES string of the molecule is CC(NC(=O)c1ccc(SC(F)(F)F)cc1)c1ccc(-n2cncn2)cc1. The van der Waals surface area contributed by atoms with Gasteiger partial charge in [-0.3, -0.25) is 4.79 Å². The molecule has 1 amide bonds. The van der Waals surface area contributed by atoms with Gasteiger partial charge in [-0.15, -0.1) is 0 Å². The molecular formula is C18H15F3N4OS. The molecule has 5 nitrogen and oxygen atoms in total. The van der Waals surface area contributed by atoms with Crippen molar-refractivity contribution in [3.8, 4) is 5.69 Å². The zero-order chi connectivity index (χ0) is 19.4. The normalized spacial score (nSPS) is 12.6. The zero-order valence-corrected chi connectivity index (χ0v) is 15.0. The van der Waals surface area contributed by atoms with Crippen molar-refractivity contribution < 1.29 is 18.0 Å². The van der Waals surface area contributed by atoms with Gasteiger partial charge < -0.3 is 5.32 Å². The fourth-order valence-corrected chi connectivity index (χ4v) is 2.97. The van der Waals surface area contributed by atoms with E-state index in [9.17, 15) is 18.0 Å². The summed E-state index contributed by atoms with van der Waals surface area (Å²) in [6.07, 6.45) is 3.02. The summed E-state index contributed by atoms with van der Waals surface area (Å²) in [6.45, 7) is 1.83. The van der Waals surface area contributed by atoms with Gasteiger partial charge in [-0.25, -0.2) is 9.67 Å². The van der Waals surface area contributed by atoms with Gasteiger partial charge in [0.15, 0.2) is 0 Å². The predicted molar refractivity (Wildman–Crippen MR) is 95.6 cm³/mol. The smallest absolute Gasteiger partial charge is 0.346 e. The molecule has 0 radical (unpaired) electrons. The van der Waals surface area contributed by atoms with Crippen molar-refractivity contribution in [1.29, 1.82) is 0 Å². The standard InChI is InChI=1S/C18H15F3N4OS/c1-12(13-2-6-15(7-3-13)25-11-22-10-23-25)24-17(26)14-4-8-16(9-5-14)27-18(19,20)21/h2-12H,1H3,(H,24,26). The van der Waals surface area contributed by atoms with Gasteiger partial charge in [0.2, 0.25) is 0 Å². The Kier molecular flexibility index (Phi) is 5.50. The molecule has 2 aromatic carbocycles. The minimum Gasteiger partial charge on any atom is -0.346 e. The second kappa shape index (κ2) is 7.83. The molecule has 1 N–H and O–H groups in total. The molecule has 27 heavy (non-hydrogen) atoms. The van der Waals surface area contributed by atoms with Crippen molar-refractivity contribution in [2.24, 2.45) is 0 Å². The number of hydrogen-bond acceptors (Lipinski definition) is 4. The van der Waals surface area contributed by atoms with Crippen molar-refractivity contribution in [2.75, 3.05) is 0 Å². The molecule has 1 atom stereocenters. The molecule has 1 heterocycles. The first kappa shape index (κ1) is 19.0. The third-order valence-electron chi connectivity index (χ3n) is 3.77. The minimum absolute atomic E-state index is 0.0378. The molecule has 0 aliphatic rings. The largest absolute Gasteiger partial charge is 0.446 e. The highest BCUT2D eigenvalue weighted by Gasteiger charge is 2.29. The molecule has 3 aromatic rings. The Bertz CT molecular complexity index is 894. The number of aromatic nitrogens is 3. The van der Waals surface area contributed by atoms with Gasteiger partial charge in [-0.05, 0) is 60.6 Å². The summed E-state index contributed by atoms with van der Waals surface area (Å²) in [6, 6.07) is 12.5. The van der Waals surface area contributed by atoms with Crippen molar-refractivity contribution in [3.63, 3.8) is 0 Å². The topological polar surface area (TPSA) is 59.8 Å². The van der Waals surface area contributed by atoms with Gasteiger partial charge in [0.05, 0.1) is 11.7 Å². The van der Waals surface area contributed by atoms with Gasteiger partial charge in [0.1, 0.15) is 12.7 Å². The van der Waals surface area contributed by atoms with Crippen LogP contribution in [0, 0.1) is 0 Å². The van der Waals surface area contributed by atoms with E-state index in [1.54, 1.807) is 11.0 Å². The van der Waals surface area contributed by atoms with Crippen molar-refractivity contribution in [1.82, 2.24) is 20.1 Å². The Morgan fingerprint density at radius 2 is 1.78 bits per heavy atom. The minimum atomic E-state index is -4.35. The van der Waals surface area contributed by atoms with Gasteiger partial charge >= 0.3 is 5.51 Å². The summed E-state index contributed by atoms with van der Waals surface area (Å²) in [5.41, 5.74) is -2.33. The monoisotopic (exact) mass is 392 g/mol. The first-order chi connectivity index (χ1) is 12.8. The Balaban J connectivity index is 1.63. The molecule has 9 heteroatoms. The first-order valence-electron chi connectivity index (χ1n) is 7.93. The highest BCUT2D eigenvalue weighted by atomic mass is 32.2. The molecule has 140 valence electrons. The molecule has 1 unspecified atom stereocenters. The zero-order valence-electron chi connectivity index (χ0n) is 14.1. The molecule has 0 bridgehead atoms.